The molecule has 4 nitrogen and oxygen atoms in total. The number of hydrogen-bond donors (Lipinski definition) is 1. The van der Waals surface area contributed by atoms with Crippen molar-refractivity contribution in [3.63, 3.8) is 0 Å². The van der Waals surface area contributed by atoms with Gasteiger partial charge in [0.05, 0.1) is 18.1 Å². The standard InChI is InChI=1S/C12H25N3.C2H7N.ClH/c1-6-12(3,7-2)14-11-13-9-8-10-15(4)5;1-2-3;/h6-10H2,1-5H3;2-3H2,1H3;1H. The third-order valence-electron chi connectivity index (χ3n) is 2.79. The van der Waals surface area contributed by atoms with E-state index in [0.29, 0.717) is 0 Å². The van der Waals surface area contributed by atoms with Gasteiger partial charge in [0, 0.05) is 0 Å². The quantitative estimate of drug-likeness (QED) is 0.579. The van der Waals surface area contributed by atoms with Crippen molar-refractivity contribution in [3.05, 3.63) is 0 Å². The highest BCUT2D eigenvalue weighted by Crippen LogP contribution is 2.17. The fourth-order valence-electron chi connectivity index (χ4n) is 1.08. The summed E-state index contributed by atoms with van der Waals surface area (Å²) in [5, 5.41) is 0. The van der Waals surface area contributed by atoms with Crippen molar-refractivity contribution in [1.82, 2.24) is 4.90 Å². The van der Waals surface area contributed by atoms with Crippen LogP contribution in [0.4, 0.5) is 0 Å². The molecule has 0 bridgehead atoms. The lowest BCUT2D eigenvalue weighted by atomic mass is 9.97. The molecule has 0 saturated heterocycles. The van der Waals surface area contributed by atoms with Crippen LogP contribution >= 0.6 is 12.4 Å². The summed E-state index contributed by atoms with van der Waals surface area (Å²) >= 11 is 0. The maximum Gasteiger partial charge on any atom is 0.0898 e. The Morgan fingerprint density at radius 3 is 2.00 bits per heavy atom. The largest absolute Gasteiger partial charge is 0.331 e. The summed E-state index contributed by atoms with van der Waals surface area (Å²) in [5.74, 6) is 0. The van der Waals surface area contributed by atoms with E-state index in [2.05, 4.69) is 55.8 Å². The second-order valence-corrected chi connectivity index (χ2v) is 4.86. The van der Waals surface area contributed by atoms with Gasteiger partial charge in [-0.3, -0.25) is 0 Å². The molecule has 0 aromatic heterocycles. The molecule has 0 atom stereocenters. The van der Waals surface area contributed by atoms with Gasteiger partial charge in [-0.1, -0.05) is 20.8 Å². The summed E-state index contributed by atoms with van der Waals surface area (Å²) in [6, 6.07) is 2.83. The minimum Gasteiger partial charge on any atom is -0.331 e. The summed E-state index contributed by atoms with van der Waals surface area (Å²) < 4.78 is 0. The molecule has 0 spiro atoms. The van der Waals surface area contributed by atoms with Crippen LogP contribution in [0.2, 0.25) is 0 Å². The Bertz CT molecular complexity index is 232. The highest BCUT2D eigenvalue weighted by molar-refractivity contribution is 5.85. The molecule has 0 heterocycles. The molecule has 116 valence electrons. The van der Waals surface area contributed by atoms with Gasteiger partial charge in [0.2, 0.25) is 0 Å². The SMILES string of the molecule is CCC(C)(CC)N=C=NCCCN(C)C.CCN.Cl. The Morgan fingerprint density at radius 1 is 1.16 bits per heavy atom. The Kier molecular flexibility index (Phi) is 19.5. The van der Waals surface area contributed by atoms with Gasteiger partial charge >= 0.3 is 0 Å². The third-order valence-corrected chi connectivity index (χ3v) is 2.79. The first kappa shape index (κ1) is 23.7. The molecule has 0 saturated carbocycles. The van der Waals surface area contributed by atoms with Crippen LogP contribution in [0.25, 0.3) is 0 Å². The number of nitrogens with two attached hydrogens (primary N) is 1. The predicted octanol–water partition coefficient (Wildman–Crippen LogP) is 3.08. The van der Waals surface area contributed by atoms with Crippen molar-refractivity contribution in [2.45, 2.75) is 52.5 Å². The van der Waals surface area contributed by atoms with Crippen LogP contribution in [0.1, 0.15) is 47.0 Å². The molecule has 0 unspecified atom stereocenters. The van der Waals surface area contributed by atoms with Gasteiger partial charge in [0.15, 0.2) is 0 Å². The van der Waals surface area contributed by atoms with Crippen LogP contribution in [0.3, 0.4) is 0 Å². The fraction of sp³-hybridized carbons (Fsp3) is 0.929. The molecule has 0 amide bonds. The molecule has 0 fully saturated rings. The summed E-state index contributed by atoms with van der Waals surface area (Å²) in [7, 11) is 4.14. The molecular weight excluding hydrogens is 260 g/mol. The zero-order valence-electron chi connectivity index (χ0n) is 13.6. The number of aliphatic imine (C=N–C) groups is 2. The summed E-state index contributed by atoms with van der Waals surface area (Å²) in [6.45, 7) is 11.0. The molecule has 0 aromatic rings. The minimum atomic E-state index is 0. The van der Waals surface area contributed by atoms with E-state index < -0.39 is 0 Å². The summed E-state index contributed by atoms with van der Waals surface area (Å²) in [5.41, 5.74) is 4.88. The van der Waals surface area contributed by atoms with E-state index >= 15 is 0 Å². The first-order valence-electron chi connectivity index (χ1n) is 6.93. The van der Waals surface area contributed by atoms with Gasteiger partial charge < -0.3 is 10.6 Å². The average Bonchev–Trinajstić information content (AvgIpc) is 2.34. The van der Waals surface area contributed by atoms with Crippen LogP contribution in [0, 0.1) is 0 Å². The van der Waals surface area contributed by atoms with Crippen molar-refractivity contribution < 1.29 is 0 Å². The van der Waals surface area contributed by atoms with Gasteiger partial charge in [-0.15, -0.1) is 12.4 Å². The molecule has 5 heteroatoms. The van der Waals surface area contributed by atoms with Crippen LogP contribution in [0.5, 0.6) is 0 Å². The zero-order chi connectivity index (χ0) is 14.4. The molecule has 0 rings (SSSR count). The Hall–Kier alpha value is -0.410. The highest BCUT2D eigenvalue weighted by Gasteiger charge is 2.16. The molecule has 19 heavy (non-hydrogen) atoms. The molecule has 2 N–H and O–H groups in total. The van der Waals surface area contributed by atoms with Crippen molar-refractivity contribution >= 4 is 18.4 Å². The number of rotatable bonds is 7. The van der Waals surface area contributed by atoms with Gasteiger partial charge in [0.25, 0.3) is 0 Å². The van der Waals surface area contributed by atoms with Crippen LogP contribution in [0.15, 0.2) is 9.98 Å². The summed E-state index contributed by atoms with van der Waals surface area (Å²) in [6.07, 6.45) is 3.16. The number of hydrogen-bond acceptors (Lipinski definition) is 4. The van der Waals surface area contributed by atoms with Crippen LogP contribution in [-0.4, -0.2) is 50.2 Å². The number of halogens is 1. The average molecular weight is 293 g/mol. The van der Waals surface area contributed by atoms with Gasteiger partial charge in [0.1, 0.15) is 0 Å². The second-order valence-electron chi connectivity index (χ2n) is 4.86. The van der Waals surface area contributed by atoms with Crippen molar-refractivity contribution in [2.24, 2.45) is 15.7 Å². The molecule has 0 aliphatic rings. The topological polar surface area (TPSA) is 54.0 Å². The van der Waals surface area contributed by atoms with E-state index in [1.807, 2.05) is 6.92 Å². The van der Waals surface area contributed by atoms with Crippen molar-refractivity contribution in [1.29, 1.82) is 0 Å². The maximum absolute atomic E-state index is 4.85. The Balaban J connectivity index is -0.000000580. The van der Waals surface area contributed by atoms with E-state index in [9.17, 15) is 0 Å². The molecule has 0 radical (unpaired) electrons. The number of nitrogens with zero attached hydrogens (tertiary/aromatic N) is 3. The van der Waals surface area contributed by atoms with Crippen molar-refractivity contribution in [2.75, 3.05) is 33.7 Å². The van der Waals surface area contributed by atoms with E-state index in [4.69, 9.17) is 5.73 Å². The first-order valence-corrected chi connectivity index (χ1v) is 6.93. The Morgan fingerprint density at radius 2 is 1.63 bits per heavy atom. The lowest BCUT2D eigenvalue weighted by molar-refractivity contribution is 0.403. The van der Waals surface area contributed by atoms with Crippen LogP contribution < -0.4 is 5.73 Å². The molecule has 0 aliphatic carbocycles. The fourth-order valence-corrected chi connectivity index (χ4v) is 1.08. The van der Waals surface area contributed by atoms with E-state index in [-0.39, 0.29) is 17.9 Å². The third kappa shape index (κ3) is 17.6. The second kappa shape index (κ2) is 15.6. The van der Waals surface area contributed by atoms with E-state index in [1.165, 1.54) is 0 Å². The molecular formula is C14H33ClN4. The predicted molar refractivity (Wildman–Crippen MR) is 88.9 cm³/mol. The zero-order valence-corrected chi connectivity index (χ0v) is 14.4. The van der Waals surface area contributed by atoms with E-state index in [1.54, 1.807) is 0 Å². The lowest BCUT2D eigenvalue weighted by Gasteiger charge is -2.18. The lowest BCUT2D eigenvalue weighted by Crippen LogP contribution is -2.18. The van der Waals surface area contributed by atoms with Gasteiger partial charge in [-0.05, 0) is 53.4 Å². The Labute approximate surface area is 126 Å². The monoisotopic (exact) mass is 292 g/mol. The van der Waals surface area contributed by atoms with E-state index in [0.717, 1.165) is 38.9 Å². The van der Waals surface area contributed by atoms with Crippen molar-refractivity contribution in [3.8, 4) is 0 Å². The summed E-state index contributed by atoms with van der Waals surface area (Å²) in [4.78, 5) is 10.7. The van der Waals surface area contributed by atoms with Crippen LogP contribution in [-0.2, 0) is 0 Å². The smallest absolute Gasteiger partial charge is 0.0898 e. The molecule has 0 aliphatic heterocycles. The molecule has 0 aromatic carbocycles. The van der Waals surface area contributed by atoms with Gasteiger partial charge in [-0.25, -0.2) is 9.98 Å². The minimum absolute atomic E-state index is 0. The highest BCUT2D eigenvalue weighted by atomic mass is 35.5. The first-order chi connectivity index (χ1) is 8.45. The normalized spacial score (nSPS) is 9.89. The van der Waals surface area contributed by atoms with Gasteiger partial charge in [-0.2, -0.15) is 0 Å². The maximum atomic E-state index is 4.85.